The maximum atomic E-state index is 12.8. The fourth-order valence-corrected chi connectivity index (χ4v) is 3.52. The Balaban J connectivity index is 1.87. The van der Waals surface area contributed by atoms with E-state index in [2.05, 4.69) is 15.4 Å². The first-order valence-electron chi connectivity index (χ1n) is 7.89. The molecule has 0 unspecified atom stereocenters. The van der Waals surface area contributed by atoms with E-state index in [1.807, 2.05) is 31.2 Å². The van der Waals surface area contributed by atoms with Crippen LogP contribution in [0.3, 0.4) is 0 Å². The van der Waals surface area contributed by atoms with Crippen molar-refractivity contribution in [2.45, 2.75) is 6.92 Å². The fraction of sp³-hybridized carbons (Fsp3) is 0.167. The van der Waals surface area contributed by atoms with Gasteiger partial charge in [0.1, 0.15) is 0 Å². The van der Waals surface area contributed by atoms with Crippen molar-refractivity contribution in [3.05, 3.63) is 52.3 Å². The number of benzene rings is 2. The van der Waals surface area contributed by atoms with Gasteiger partial charge in [-0.25, -0.2) is 4.98 Å². The summed E-state index contributed by atoms with van der Waals surface area (Å²) in [6.45, 7) is 2.01. The highest BCUT2D eigenvalue weighted by Gasteiger charge is 2.15. The van der Waals surface area contributed by atoms with Crippen LogP contribution in [0.5, 0.6) is 11.5 Å². The zero-order valence-corrected chi connectivity index (χ0v) is 15.3. The number of rotatable bonds is 4. The highest BCUT2D eigenvalue weighted by molar-refractivity contribution is 7.20. The molecule has 0 aliphatic heterocycles. The summed E-state index contributed by atoms with van der Waals surface area (Å²) >= 11 is 1.31. The lowest BCUT2D eigenvalue weighted by atomic mass is 10.2. The number of aromatic nitrogens is 3. The minimum absolute atomic E-state index is 0.250. The van der Waals surface area contributed by atoms with E-state index < -0.39 is 0 Å². The molecule has 7 nitrogen and oxygen atoms in total. The number of aryl methyl sites for hydroxylation is 1. The summed E-state index contributed by atoms with van der Waals surface area (Å²) in [5, 5.41) is 8.64. The van der Waals surface area contributed by atoms with E-state index in [1.54, 1.807) is 19.2 Å². The van der Waals surface area contributed by atoms with Crippen molar-refractivity contribution in [3.8, 4) is 11.5 Å². The van der Waals surface area contributed by atoms with Crippen molar-refractivity contribution >= 4 is 38.0 Å². The Hall–Kier alpha value is -3.13. The Morgan fingerprint density at radius 3 is 2.58 bits per heavy atom. The SMILES string of the molecule is COc1cc2nc3sc(Nc4ccccc4C)nn3c(=O)c2cc1OC. The lowest BCUT2D eigenvalue weighted by Crippen LogP contribution is -2.15. The van der Waals surface area contributed by atoms with Gasteiger partial charge in [-0.05, 0) is 24.6 Å². The van der Waals surface area contributed by atoms with E-state index in [-0.39, 0.29) is 5.56 Å². The standard InChI is InChI=1S/C18H16N4O3S/c1-10-6-4-5-7-12(10)19-17-21-22-16(23)11-8-14(24-2)15(25-3)9-13(11)20-18(22)26-17/h4-9H,1-3H3,(H,19,21). The number of nitrogens with one attached hydrogen (secondary N) is 1. The third kappa shape index (κ3) is 2.64. The Morgan fingerprint density at radius 1 is 1.12 bits per heavy atom. The van der Waals surface area contributed by atoms with Gasteiger partial charge in [0.05, 0.1) is 25.1 Å². The average Bonchev–Trinajstić information content (AvgIpc) is 3.05. The lowest BCUT2D eigenvalue weighted by Gasteiger charge is -2.08. The van der Waals surface area contributed by atoms with Crippen LogP contribution in [0.1, 0.15) is 5.56 Å². The van der Waals surface area contributed by atoms with Gasteiger partial charge in [-0.15, -0.1) is 5.10 Å². The Kier molecular flexibility index (Phi) is 3.96. The van der Waals surface area contributed by atoms with Gasteiger partial charge >= 0.3 is 0 Å². The average molecular weight is 368 g/mol. The van der Waals surface area contributed by atoms with Crippen molar-refractivity contribution in [1.82, 2.24) is 14.6 Å². The third-order valence-electron chi connectivity index (χ3n) is 4.09. The molecule has 0 saturated heterocycles. The van der Waals surface area contributed by atoms with E-state index in [1.165, 1.54) is 23.0 Å². The molecule has 0 saturated carbocycles. The molecule has 0 bridgehead atoms. The molecule has 0 amide bonds. The first-order valence-corrected chi connectivity index (χ1v) is 8.70. The predicted molar refractivity (Wildman–Crippen MR) is 102 cm³/mol. The van der Waals surface area contributed by atoms with Gasteiger partial charge in [-0.1, -0.05) is 29.5 Å². The largest absolute Gasteiger partial charge is 0.493 e. The number of ether oxygens (including phenoxy) is 2. The Labute approximate surface area is 152 Å². The first-order chi connectivity index (χ1) is 12.6. The monoisotopic (exact) mass is 368 g/mol. The second kappa shape index (κ2) is 6.30. The summed E-state index contributed by atoms with van der Waals surface area (Å²) < 4.78 is 11.9. The van der Waals surface area contributed by atoms with E-state index >= 15 is 0 Å². The maximum Gasteiger partial charge on any atom is 0.283 e. The highest BCUT2D eigenvalue weighted by atomic mass is 32.1. The highest BCUT2D eigenvalue weighted by Crippen LogP contribution is 2.31. The Bertz CT molecular complexity index is 1180. The third-order valence-corrected chi connectivity index (χ3v) is 4.91. The number of methoxy groups -OCH3 is 2. The fourth-order valence-electron chi connectivity index (χ4n) is 2.71. The predicted octanol–water partition coefficient (Wildman–Crippen LogP) is 3.37. The van der Waals surface area contributed by atoms with E-state index in [0.717, 1.165) is 11.3 Å². The van der Waals surface area contributed by atoms with Crippen LogP contribution in [0.2, 0.25) is 0 Å². The van der Waals surface area contributed by atoms with E-state index in [4.69, 9.17) is 9.47 Å². The van der Waals surface area contributed by atoms with Gasteiger partial charge < -0.3 is 14.8 Å². The van der Waals surface area contributed by atoms with Crippen molar-refractivity contribution < 1.29 is 9.47 Å². The first kappa shape index (κ1) is 16.3. The van der Waals surface area contributed by atoms with Crippen LogP contribution in [-0.2, 0) is 0 Å². The van der Waals surface area contributed by atoms with Crippen molar-refractivity contribution in [2.24, 2.45) is 0 Å². The topological polar surface area (TPSA) is 77.8 Å². The molecule has 0 spiro atoms. The number of fused-ring (bicyclic) bond motifs is 2. The van der Waals surface area contributed by atoms with Crippen LogP contribution in [-0.4, -0.2) is 28.8 Å². The zero-order valence-electron chi connectivity index (χ0n) is 14.4. The summed E-state index contributed by atoms with van der Waals surface area (Å²) in [4.78, 5) is 17.9. The van der Waals surface area contributed by atoms with Crippen molar-refractivity contribution in [3.63, 3.8) is 0 Å². The minimum Gasteiger partial charge on any atom is -0.493 e. The van der Waals surface area contributed by atoms with Crippen molar-refractivity contribution in [1.29, 1.82) is 0 Å². The number of nitrogens with zero attached hydrogens (tertiary/aromatic N) is 3. The molecule has 0 aliphatic carbocycles. The minimum atomic E-state index is -0.250. The molecule has 2 heterocycles. The van der Waals surface area contributed by atoms with Gasteiger partial charge in [0.25, 0.3) is 5.56 Å². The molecule has 2 aromatic heterocycles. The summed E-state index contributed by atoms with van der Waals surface area (Å²) in [6.07, 6.45) is 0. The molecule has 0 radical (unpaired) electrons. The molecule has 1 N–H and O–H groups in total. The molecule has 4 aromatic rings. The quantitative estimate of drug-likeness (QED) is 0.595. The van der Waals surface area contributed by atoms with Crippen LogP contribution in [0.15, 0.2) is 41.2 Å². The van der Waals surface area contributed by atoms with Gasteiger partial charge in [0.2, 0.25) is 10.1 Å². The van der Waals surface area contributed by atoms with Gasteiger partial charge in [0, 0.05) is 11.8 Å². The molecule has 132 valence electrons. The van der Waals surface area contributed by atoms with Crippen LogP contribution < -0.4 is 20.3 Å². The molecule has 0 atom stereocenters. The van der Waals surface area contributed by atoms with Crippen LogP contribution >= 0.6 is 11.3 Å². The van der Waals surface area contributed by atoms with Crippen LogP contribution in [0.25, 0.3) is 15.9 Å². The second-order valence-corrected chi connectivity index (χ2v) is 6.64. The molecule has 0 fully saturated rings. The Morgan fingerprint density at radius 2 is 1.85 bits per heavy atom. The van der Waals surface area contributed by atoms with Gasteiger partial charge in [0.15, 0.2) is 11.5 Å². The molecule has 4 rings (SSSR count). The smallest absolute Gasteiger partial charge is 0.283 e. The maximum absolute atomic E-state index is 12.8. The lowest BCUT2D eigenvalue weighted by molar-refractivity contribution is 0.355. The second-order valence-electron chi connectivity index (χ2n) is 5.68. The van der Waals surface area contributed by atoms with Crippen LogP contribution in [0.4, 0.5) is 10.8 Å². The van der Waals surface area contributed by atoms with E-state index in [0.29, 0.717) is 32.5 Å². The molecular weight excluding hydrogens is 352 g/mol. The summed E-state index contributed by atoms with van der Waals surface area (Å²) in [7, 11) is 3.08. The number of anilines is 2. The molecule has 8 heteroatoms. The number of hydrogen-bond donors (Lipinski definition) is 1. The number of hydrogen-bond acceptors (Lipinski definition) is 7. The zero-order chi connectivity index (χ0) is 18.3. The van der Waals surface area contributed by atoms with Gasteiger partial charge in [-0.3, -0.25) is 4.79 Å². The number of para-hydroxylation sites is 1. The molecular formula is C18H16N4O3S. The summed E-state index contributed by atoms with van der Waals surface area (Å²) in [6, 6.07) is 11.2. The molecule has 2 aromatic carbocycles. The normalized spacial score (nSPS) is 11.0. The molecule has 26 heavy (non-hydrogen) atoms. The van der Waals surface area contributed by atoms with Crippen LogP contribution in [0, 0.1) is 6.92 Å². The summed E-state index contributed by atoms with van der Waals surface area (Å²) in [5.41, 5.74) is 2.32. The molecule has 0 aliphatic rings. The van der Waals surface area contributed by atoms with Gasteiger partial charge in [-0.2, -0.15) is 4.52 Å². The summed E-state index contributed by atoms with van der Waals surface area (Å²) in [5.74, 6) is 1.01. The van der Waals surface area contributed by atoms with Crippen molar-refractivity contribution in [2.75, 3.05) is 19.5 Å². The van der Waals surface area contributed by atoms with E-state index in [9.17, 15) is 4.79 Å².